The maximum Gasteiger partial charge on any atom is 0.269 e. The van der Waals surface area contributed by atoms with Gasteiger partial charge in [0, 0.05) is 30.9 Å². The lowest BCUT2D eigenvalue weighted by molar-refractivity contribution is -0.384. The number of likely N-dealkylation sites (N-methyl/N-ethyl adjacent to an activating group) is 1. The normalized spacial score (nSPS) is 10.0. The van der Waals surface area contributed by atoms with Crippen molar-refractivity contribution in [3.63, 3.8) is 0 Å². The number of ether oxygens (including phenoxy) is 1. The molecule has 1 aromatic rings. The van der Waals surface area contributed by atoms with E-state index >= 15 is 0 Å². The zero-order valence-corrected chi connectivity index (χ0v) is 12.1. The van der Waals surface area contributed by atoms with Crippen molar-refractivity contribution >= 4 is 27.5 Å². The number of carbonyl (C=O) groups excluding carboxylic acids is 1. The van der Waals surface area contributed by atoms with Crippen LogP contribution in [0.5, 0.6) is 5.75 Å². The number of nitro benzene ring substituents is 1. The summed E-state index contributed by atoms with van der Waals surface area (Å²) in [5, 5.41) is 11.1. The van der Waals surface area contributed by atoms with Gasteiger partial charge in [0.2, 0.25) is 5.91 Å². The van der Waals surface area contributed by atoms with Crippen molar-refractivity contribution in [2.24, 2.45) is 0 Å². The average molecular weight is 331 g/mol. The summed E-state index contributed by atoms with van der Waals surface area (Å²) >= 11 is 3.21. The van der Waals surface area contributed by atoms with Gasteiger partial charge < -0.3 is 9.64 Å². The highest BCUT2D eigenvalue weighted by atomic mass is 79.9. The predicted octanol–water partition coefficient (Wildman–Crippen LogP) is 2.22. The Bertz CT molecular complexity index is 436. The fraction of sp³-hybridized carbons (Fsp3) is 0.417. The SMILES string of the molecule is CN(CCOc1ccc([N+](=O)[O-])cc1)C(=O)CCBr. The van der Waals surface area contributed by atoms with Gasteiger partial charge in [-0.2, -0.15) is 0 Å². The number of alkyl halides is 1. The topological polar surface area (TPSA) is 72.7 Å². The third-order valence-electron chi connectivity index (χ3n) is 2.48. The maximum absolute atomic E-state index is 11.5. The molecular weight excluding hydrogens is 316 g/mol. The lowest BCUT2D eigenvalue weighted by atomic mass is 10.3. The molecule has 0 saturated carbocycles. The summed E-state index contributed by atoms with van der Waals surface area (Å²) in [6.45, 7) is 0.825. The summed E-state index contributed by atoms with van der Waals surface area (Å²) in [5.74, 6) is 0.594. The van der Waals surface area contributed by atoms with Gasteiger partial charge in [-0.3, -0.25) is 14.9 Å². The molecule has 0 spiro atoms. The fourth-order valence-corrected chi connectivity index (χ4v) is 1.70. The van der Waals surface area contributed by atoms with Crippen molar-refractivity contribution in [3.8, 4) is 5.75 Å². The highest BCUT2D eigenvalue weighted by Crippen LogP contribution is 2.17. The molecule has 0 aromatic heterocycles. The van der Waals surface area contributed by atoms with E-state index in [-0.39, 0.29) is 11.6 Å². The van der Waals surface area contributed by atoms with Crippen molar-refractivity contribution in [3.05, 3.63) is 34.4 Å². The van der Waals surface area contributed by atoms with Crippen molar-refractivity contribution in [2.75, 3.05) is 25.5 Å². The largest absolute Gasteiger partial charge is 0.492 e. The number of non-ortho nitro benzene ring substituents is 1. The third kappa shape index (κ3) is 5.25. The van der Waals surface area contributed by atoms with E-state index in [1.807, 2.05) is 0 Å². The van der Waals surface area contributed by atoms with E-state index in [1.54, 1.807) is 24.1 Å². The first-order valence-corrected chi connectivity index (χ1v) is 6.84. The maximum atomic E-state index is 11.5. The van der Waals surface area contributed by atoms with Gasteiger partial charge in [-0.25, -0.2) is 0 Å². The highest BCUT2D eigenvalue weighted by Gasteiger charge is 2.08. The minimum Gasteiger partial charge on any atom is -0.492 e. The Labute approximate surface area is 119 Å². The van der Waals surface area contributed by atoms with E-state index < -0.39 is 4.92 Å². The van der Waals surface area contributed by atoms with Crippen molar-refractivity contribution in [1.82, 2.24) is 4.90 Å². The molecule has 0 aliphatic rings. The third-order valence-corrected chi connectivity index (χ3v) is 2.87. The molecule has 104 valence electrons. The minimum absolute atomic E-state index is 0.0250. The van der Waals surface area contributed by atoms with E-state index in [9.17, 15) is 14.9 Å². The second-order valence-electron chi connectivity index (χ2n) is 3.85. The van der Waals surface area contributed by atoms with Gasteiger partial charge >= 0.3 is 0 Å². The quantitative estimate of drug-likeness (QED) is 0.436. The molecule has 0 fully saturated rings. The second kappa shape index (κ2) is 7.73. The molecule has 1 aromatic carbocycles. The molecule has 0 unspecified atom stereocenters. The molecule has 6 nitrogen and oxygen atoms in total. The number of benzene rings is 1. The van der Waals surface area contributed by atoms with Gasteiger partial charge in [0.15, 0.2) is 0 Å². The number of hydrogen-bond acceptors (Lipinski definition) is 4. The molecule has 0 aliphatic carbocycles. The molecule has 7 heteroatoms. The standard InChI is InChI=1S/C12H15BrN2O4/c1-14(12(16)6-7-13)8-9-19-11-4-2-10(3-5-11)15(17)18/h2-5H,6-9H2,1H3. The van der Waals surface area contributed by atoms with Crippen LogP contribution in [0, 0.1) is 10.1 Å². The Hall–Kier alpha value is -1.63. The van der Waals surface area contributed by atoms with Crippen LogP contribution in [0.25, 0.3) is 0 Å². The summed E-state index contributed by atoms with van der Waals surface area (Å²) in [7, 11) is 1.71. The van der Waals surface area contributed by atoms with E-state index in [0.717, 1.165) is 0 Å². The van der Waals surface area contributed by atoms with Gasteiger partial charge in [0.05, 0.1) is 11.5 Å². The van der Waals surface area contributed by atoms with Crippen LogP contribution in [-0.4, -0.2) is 41.3 Å². The molecular formula is C12H15BrN2O4. The number of amides is 1. The summed E-state index contributed by atoms with van der Waals surface area (Å²) in [4.78, 5) is 23.1. The molecule has 0 aliphatic heterocycles. The van der Waals surface area contributed by atoms with Crippen molar-refractivity contribution < 1.29 is 14.5 Å². The molecule has 19 heavy (non-hydrogen) atoms. The lowest BCUT2D eigenvalue weighted by Gasteiger charge is -2.16. The van der Waals surface area contributed by atoms with Crippen molar-refractivity contribution in [2.45, 2.75) is 6.42 Å². The average Bonchev–Trinajstić information content (AvgIpc) is 2.39. The molecule has 0 heterocycles. The minimum atomic E-state index is -0.462. The molecule has 0 N–H and O–H groups in total. The summed E-state index contributed by atoms with van der Waals surface area (Å²) in [5.41, 5.74) is 0.0250. The zero-order valence-electron chi connectivity index (χ0n) is 10.5. The number of hydrogen-bond donors (Lipinski definition) is 0. The Morgan fingerprint density at radius 3 is 2.58 bits per heavy atom. The Morgan fingerprint density at radius 2 is 2.05 bits per heavy atom. The van der Waals surface area contributed by atoms with E-state index in [0.29, 0.717) is 30.7 Å². The van der Waals surface area contributed by atoms with E-state index in [1.165, 1.54) is 12.1 Å². The predicted molar refractivity (Wildman–Crippen MR) is 74.6 cm³/mol. The number of nitrogens with zero attached hydrogens (tertiary/aromatic N) is 2. The first-order chi connectivity index (χ1) is 9.04. The number of nitro groups is 1. The fourth-order valence-electron chi connectivity index (χ4n) is 1.36. The number of carbonyl (C=O) groups is 1. The molecule has 0 atom stereocenters. The monoisotopic (exact) mass is 330 g/mol. The first kappa shape index (κ1) is 15.4. The van der Waals surface area contributed by atoms with Gasteiger partial charge in [-0.05, 0) is 12.1 Å². The number of rotatable bonds is 7. The van der Waals surface area contributed by atoms with Crippen LogP contribution in [0.4, 0.5) is 5.69 Å². The Balaban J connectivity index is 2.36. The van der Waals surface area contributed by atoms with E-state index in [4.69, 9.17) is 4.74 Å². The highest BCUT2D eigenvalue weighted by molar-refractivity contribution is 9.09. The molecule has 0 saturated heterocycles. The first-order valence-electron chi connectivity index (χ1n) is 5.71. The van der Waals surface area contributed by atoms with Gasteiger partial charge in [0.25, 0.3) is 5.69 Å². The Morgan fingerprint density at radius 1 is 1.42 bits per heavy atom. The van der Waals surface area contributed by atoms with Crippen LogP contribution in [0.3, 0.4) is 0 Å². The van der Waals surface area contributed by atoms with Gasteiger partial charge in [-0.15, -0.1) is 0 Å². The molecule has 0 bridgehead atoms. The Kier molecular flexibility index (Phi) is 6.27. The van der Waals surface area contributed by atoms with Gasteiger partial charge in [0.1, 0.15) is 12.4 Å². The molecule has 0 radical (unpaired) electrons. The van der Waals surface area contributed by atoms with E-state index in [2.05, 4.69) is 15.9 Å². The summed E-state index contributed by atoms with van der Waals surface area (Å²) in [6.07, 6.45) is 0.452. The van der Waals surface area contributed by atoms with Crippen LogP contribution in [0.15, 0.2) is 24.3 Å². The smallest absolute Gasteiger partial charge is 0.269 e. The van der Waals surface area contributed by atoms with Gasteiger partial charge in [-0.1, -0.05) is 15.9 Å². The van der Waals surface area contributed by atoms with Crippen LogP contribution < -0.4 is 4.74 Å². The summed E-state index contributed by atoms with van der Waals surface area (Å²) < 4.78 is 5.41. The van der Waals surface area contributed by atoms with Crippen LogP contribution in [-0.2, 0) is 4.79 Å². The second-order valence-corrected chi connectivity index (χ2v) is 4.65. The molecule has 1 rings (SSSR count). The summed E-state index contributed by atoms with van der Waals surface area (Å²) in [6, 6.07) is 5.85. The zero-order chi connectivity index (χ0) is 14.3. The number of halogens is 1. The molecule has 1 amide bonds. The van der Waals surface area contributed by atoms with Crippen LogP contribution in [0.2, 0.25) is 0 Å². The van der Waals surface area contributed by atoms with Crippen LogP contribution in [0.1, 0.15) is 6.42 Å². The lowest BCUT2D eigenvalue weighted by Crippen LogP contribution is -2.30. The van der Waals surface area contributed by atoms with Crippen LogP contribution >= 0.6 is 15.9 Å². The van der Waals surface area contributed by atoms with Crippen molar-refractivity contribution in [1.29, 1.82) is 0 Å².